The molecule has 1 aliphatic heterocycles. The Hall–Kier alpha value is -1.80. The van der Waals surface area contributed by atoms with E-state index in [1.54, 1.807) is 0 Å². The average molecular weight is 372 g/mol. The molecule has 1 heterocycles. The van der Waals surface area contributed by atoms with Crippen LogP contribution in [0.4, 0.5) is 23.7 Å². The van der Waals surface area contributed by atoms with Crippen LogP contribution in [0.5, 0.6) is 0 Å². The Morgan fingerprint density at radius 2 is 1.77 bits per heavy atom. The maximum absolute atomic E-state index is 12.9. The van der Waals surface area contributed by atoms with Crippen molar-refractivity contribution in [3.63, 3.8) is 0 Å². The number of carbonyl (C=O) groups excluding carboxylic acids is 1. The molecule has 26 heavy (non-hydrogen) atoms. The maximum atomic E-state index is 12.9. The molecule has 0 aromatic heterocycles. The zero-order chi connectivity index (χ0) is 19.2. The van der Waals surface area contributed by atoms with E-state index >= 15 is 0 Å². The number of halogens is 3. The highest BCUT2D eigenvalue weighted by atomic mass is 19.4. The lowest BCUT2D eigenvalue weighted by Gasteiger charge is -2.35. The summed E-state index contributed by atoms with van der Waals surface area (Å²) in [5.74, 6) is 0.215. The first-order chi connectivity index (χ1) is 12.3. The van der Waals surface area contributed by atoms with E-state index in [1.807, 2.05) is 6.92 Å². The quantitative estimate of drug-likeness (QED) is 0.807. The van der Waals surface area contributed by atoms with Crippen LogP contribution in [0, 0.1) is 5.92 Å². The number of hydrogen-bond donors (Lipinski definition) is 2. The average Bonchev–Trinajstić information content (AvgIpc) is 2.60. The maximum Gasteiger partial charge on any atom is 0.418 e. The van der Waals surface area contributed by atoms with Gasteiger partial charge in [-0.3, -0.25) is 0 Å². The third-order valence-electron chi connectivity index (χ3n) is 4.57. The van der Waals surface area contributed by atoms with Crippen molar-refractivity contribution in [1.29, 1.82) is 0 Å². The molecule has 1 aromatic carbocycles. The zero-order valence-corrected chi connectivity index (χ0v) is 15.3. The molecule has 1 fully saturated rings. The second kappa shape index (κ2) is 9.23. The minimum Gasteiger partial charge on any atom is -0.338 e. The lowest BCUT2D eigenvalue weighted by atomic mass is 10.1. The number of alkyl halides is 3. The van der Waals surface area contributed by atoms with Crippen molar-refractivity contribution in [1.82, 2.24) is 15.1 Å². The summed E-state index contributed by atoms with van der Waals surface area (Å²) in [6.07, 6.45) is -4.50. The largest absolute Gasteiger partial charge is 0.418 e. The Kier molecular flexibility index (Phi) is 7.28. The number of hydrogen-bond acceptors (Lipinski definition) is 3. The van der Waals surface area contributed by atoms with Crippen molar-refractivity contribution < 1.29 is 18.0 Å². The molecule has 0 saturated carbocycles. The summed E-state index contributed by atoms with van der Waals surface area (Å²) in [5.41, 5.74) is -1.09. The summed E-state index contributed by atoms with van der Waals surface area (Å²) in [5, 5.41) is 4.96. The summed E-state index contributed by atoms with van der Waals surface area (Å²) in [6, 6.07) is 4.34. The number of rotatable bonds is 6. The lowest BCUT2D eigenvalue weighted by Crippen LogP contribution is -2.48. The number of benzene rings is 1. The van der Waals surface area contributed by atoms with Crippen LogP contribution in [0.3, 0.4) is 0 Å². The fourth-order valence-corrected chi connectivity index (χ4v) is 3.07. The van der Waals surface area contributed by atoms with Gasteiger partial charge in [0.15, 0.2) is 0 Å². The summed E-state index contributed by atoms with van der Waals surface area (Å²) in [4.78, 5) is 16.7. The summed E-state index contributed by atoms with van der Waals surface area (Å²) in [6.45, 7) is 10.6. The predicted molar refractivity (Wildman–Crippen MR) is 96.2 cm³/mol. The molecule has 8 heteroatoms. The van der Waals surface area contributed by atoms with Crippen LogP contribution >= 0.6 is 0 Å². The van der Waals surface area contributed by atoms with Gasteiger partial charge in [0.25, 0.3) is 0 Å². The molecule has 5 nitrogen and oxygen atoms in total. The molecule has 1 saturated heterocycles. The highest BCUT2D eigenvalue weighted by molar-refractivity contribution is 5.90. The number of nitrogens with zero attached hydrogens (tertiary/aromatic N) is 2. The number of anilines is 1. The van der Waals surface area contributed by atoms with Gasteiger partial charge in [-0.2, -0.15) is 13.2 Å². The van der Waals surface area contributed by atoms with E-state index in [-0.39, 0.29) is 11.6 Å². The lowest BCUT2D eigenvalue weighted by molar-refractivity contribution is -0.136. The Bertz CT molecular complexity index is 586. The van der Waals surface area contributed by atoms with E-state index < -0.39 is 17.8 Å². The topological polar surface area (TPSA) is 47.6 Å². The van der Waals surface area contributed by atoms with Crippen molar-refractivity contribution in [3.8, 4) is 0 Å². The van der Waals surface area contributed by atoms with Crippen molar-refractivity contribution in [2.45, 2.75) is 20.0 Å². The third-order valence-corrected chi connectivity index (χ3v) is 4.57. The molecule has 0 spiro atoms. The van der Waals surface area contributed by atoms with Gasteiger partial charge in [-0.05, 0) is 24.6 Å². The molecule has 0 unspecified atom stereocenters. The van der Waals surface area contributed by atoms with Crippen LogP contribution in [-0.2, 0) is 6.18 Å². The van der Waals surface area contributed by atoms with Gasteiger partial charge in [-0.15, -0.1) is 0 Å². The third kappa shape index (κ3) is 6.17. The number of piperazine rings is 1. The second-order valence-corrected chi connectivity index (χ2v) is 6.72. The molecule has 2 N–H and O–H groups in total. The van der Waals surface area contributed by atoms with Crippen LogP contribution in [0.25, 0.3) is 0 Å². The number of para-hydroxylation sites is 1. The van der Waals surface area contributed by atoms with Crippen LogP contribution < -0.4 is 10.6 Å². The van der Waals surface area contributed by atoms with E-state index in [0.717, 1.165) is 45.3 Å². The fraction of sp³-hybridized carbons (Fsp3) is 0.611. The van der Waals surface area contributed by atoms with E-state index in [0.29, 0.717) is 6.54 Å². The molecule has 0 radical (unpaired) electrons. The van der Waals surface area contributed by atoms with Gasteiger partial charge >= 0.3 is 12.2 Å². The van der Waals surface area contributed by atoms with Gasteiger partial charge < -0.3 is 20.4 Å². The standard InChI is InChI=1S/C18H27F3N4O/c1-3-24-8-10-25(11-9-24)13-14(2)12-22-17(26)23-16-7-5-4-6-15(16)18(19,20)21/h4-7,14H,3,8-13H2,1-2H3,(H2,22,23,26)/t14-/m0/s1. The minimum atomic E-state index is -4.50. The van der Waals surface area contributed by atoms with Crippen molar-refractivity contribution >= 4 is 11.7 Å². The Morgan fingerprint density at radius 1 is 1.15 bits per heavy atom. The monoisotopic (exact) mass is 372 g/mol. The Labute approximate surface area is 152 Å². The molecule has 1 aromatic rings. The molecule has 2 amide bonds. The minimum absolute atomic E-state index is 0.215. The van der Waals surface area contributed by atoms with Gasteiger partial charge in [-0.1, -0.05) is 26.0 Å². The first kappa shape index (κ1) is 20.5. The van der Waals surface area contributed by atoms with Crippen molar-refractivity contribution in [3.05, 3.63) is 29.8 Å². The van der Waals surface area contributed by atoms with Gasteiger partial charge in [0, 0.05) is 39.3 Å². The van der Waals surface area contributed by atoms with Crippen molar-refractivity contribution in [2.75, 3.05) is 51.1 Å². The number of amides is 2. The first-order valence-electron chi connectivity index (χ1n) is 8.95. The van der Waals surface area contributed by atoms with Gasteiger partial charge in [0.05, 0.1) is 11.3 Å². The van der Waals surface area contributed by atoms with E-state index in [2.05, 4.69) is 27.4 Å². The first-order valence-corrected chi connectivity index (χ1v) is 8.95. The normalized spacial score (nSPS) is 17.7. The molecular weight excluding hydrogens is 345 g/mol. The van der Waals surface area contributed by atoms with Gasteiger partial charge in [0.2, 0.25) is 0 Å². The van der Waals surface area contributed by atoms with Gasteiger partial charge in [0.1, 0.15) is 0 Å². The molecule has 0 bridgehead atoms. The predicted octanol–water partition coefficient (Wildman–Crippen LogP) is 3.10. The molecular formula is C18H27F3N4O. The molecule has 146 valence electrons. The number of carbonyl (C=O) groups is 1. The van der Waals surface area contributed by atoms with Crippen LogP contribution in [0.15, 0.2) is 24.3 Å². The highest BCUT2D eigenvalue weighted by Gasteiger charge is 2.33. The smallest absolute Gasteiger partial charge is 0.338 e. The number of likely N-dealkylation sites (N-methyl/N-ethyl adjacent to an activating group) is 1. The zero-order valence-electron chi connectivity index (χ0n) is 15.3. The Balaban J connectivity index is 1.77. The second-order valence-electron chi connectivity index (χ2n) is 6.72. The van der Waals surface area contributed by atoms with E-state index in [4.69, 9.17) is 0 Å². The molecule has 1 aliphatic rings. The van der Waals surface area contributed by atoms with Crippen LogP contribution in [0.2, 0.25) is 0 Å². The summed E-state index contributed by atoms with van der Waals surface area (Å²) < 4.78 is 38.8. The number of urea groups is 1. The van der Waals surface area contributed by atoms with Gasteiger partial charge in [-0.25, -0.2) is 4.79 Å². The summed E-state index contributed by atoms with van der Waals surface area (Å²) >= 11 is 0. The molecule has 2 rings (SSSR count). The highest BCUT2D eigenvalue weighted by Crippen LogP contribution is 2.34. The molecule has 1 atom stereocenters. The number of nitrogens with one attached hydrogen (secondary N) is 2. The Morgan fingerprint density at radius 3 is 2.38 bits per heavy atom. The van der Waals surface area contributed by atoms with E-state index in [1.165, 1.54) is 18.2 Å². The SMILES string of the molecule is CCN1CCN(C[C@@H](C)CNC(=O)Nc2ccccc2C(F)(F)F)CC1. The summed E-state index contributed by atoms with van der Waals surface area (Å²) in [7, 11) is 0. The fourth-order valence-electron chi connectivity index (χ4n) is 3.07. The van der Waals surface area contributed by atoms with Crippen LogP contribution in [0.1, 0.15) is 19.4 Å². The van der Waals surface area contributed by atoms with Crippen molar-refractivity contribution in [2.24, 2.45) is 5.92 Å². The van der Waals surface area contributed by atoms with E-state index in [9.17, 15) is 18.0 Å². The van der Waals surface area contributed by atoms with Crippen LogP contribution in [-0.4, -0.2) is 61.6 Å². The molecule has 0 aliphatic carbocycles.